The van der Waals surface area contributed by atoms with Crippen LogP contribution < -0.4 is 5.73 Å². The lowest BCUT2D eigenvalue weighted by molar-refractivity contribution is 0.0792. The molecule has 0 aliphatic heterocycles. The Hall–Kier alpha value is -2.37. The van der Waals surface area contributed by atoms with Crippen molar-refractivity contribution in [2.45, 2.75) is 19.8 Å². The minimum absolute atomic E-state index is 0.160. The van der Waals surface area contributed by atoms with Gasteiger partial charge in [0.1, 0.15) is 0 Å². The number of hydrogen-bond donors (Lipinski definition) is 2. The number of aromatic amines is 1. The second-order valence-electron chi connectivity index (χ2n) is 4.65. The van der Waals surface area contributed by atoms with Crippen molar-refractivity contribution in [3.8, 4) is 0 Å². The standard InChI is InChI=1S/C14H19N5O/c1-3-11-12(15)13(18-17-11)14(20)19(2)9-6-10-4-7-16-8-5-10/h4-5,7-8H,3,6,9,15H2,1-2H3,(H,17,18). The summed E-state index contributed by atoms with van der Waals surface area (Å²) >= 11 is 0. The van der Waals surface area contributed by atoms with Crippen LogP contribution in [0.4, 0.5) is 5.69 Å². The largest absolute Gasteiger partial charge is 0.395 e. The lowest BCUT2D eigenvalue weighted by Crippen LogP contribution is -2.29. The van der Waals surface area contributed by atoms with Gasteiger partial charge in [-0.2, -0.15) is 5.10 Å². The van der Waals surface area contributed by atoms with Gasteiger partial charge in [0.15, 0.2) is 5.69 Å². The summed E-state index contributed by atoms with van der Waals surface area (Å²) in [6, 6.07) is 3.88. The van der Waals surface area contributed by atoms with Crippen molar-refractivity contribution in [1.82, 2.24) is 20.1 Å². The number of nitrogens with zero attached hydrogens (tertiary/aromatic N) is 3. The highest BCUT2D eigenvalue weighted by molar-refractivity contribution is 5.97. The summed E-state index contributed by atoms with van der Waals surface area (Å²) in [5.41, 5.74) is 8.61. The molecule has 2 heterocycles. The number of nitrogens with one attached hydrogen (secondary N) is 1. The Morgan fingerprint density at radius 2 is 2.10 bits per heavy atom. The molecule has 0 bridgehead atoms. The predicted octanol–water partition coefficient (Wildman–Crippen LogP) is 1.26. The monoisotopic (exact) mass is 273 g/mol. The molecule has 0 radical (unpaired) electrons. The minimum atomic E-state index is -0.160. The zero-order chi connectivity index (χ0) is 14.5. The van der Waals surface area contributed by atoms with Crippen molar-refractivity contribution < 1.29 is 4.79 Å². The van der Waals surface area contributed by atoms with Crippen LogP contribution in [0.3, 0.4) is 0 Å². The molecule has 2 rings (SSSR count). The third kappa shape index (κ3) is 2.96. The van der Waals surface area contributed by atoms with E-state index in [4.69, 9.17) is 5.73 Å². The smallest absolute Gasteiger partial charge is 0.276 e. The van der Waals surface area contributed by atoms with E-state index in [1.165, 1.54) is 0 Å². The first-order valence-electron chi connectivity index (χ1n) is 6.60. The van der Waals surface area contributed by atoms with Crippen LogP contribution in [0, 0.1) is 0 Å². The first-order valence-corrected chi connectivity index (χ1v) is 6.60. The number of H-pyrrole nitrogens is 1. The van der Waals surface area contributed by atoms with Gasteiger partial charge in [0.05, 0.1) is 11.4 Å². The van der Waals surface area contributed by atoms with E-state index in [1.54, 1.807) is 24.3 Å². The van der Waals surface area contributed by atoms with Crippen molar-refractivity contribution in [3.05, 3.63) is 41.5 Å². The average Bonchev–Trinajstić information content (AvgIpc) is 2.86. The van der Waals surface area contributed by atoms with Crippen molar-refractivity contribution in [2.75, 3.05) is 19.3 Å². The Kier molecular flexibility index (Phi) is 4.34. The molecule has 20 heavy (non-hydrogen) atoms. The number of nitrogen functional groups attached to an aromatic ring is 1. The number of amides is 1. The molecule has 0 saturated carbocycles. The van der Waals surface area contributed by atoms with Gasteiger partial charge in [-0.1, -0.05) is 6.92 Å². The van der Waals surface area contributed by atoms with Crippen LogP contribution in [0.5, 0.6) is 0 Å². The highest BCUT2D eigenvalue weighted by Gasteiger charge is 2.19. The lowest BCUT2D eigenvalue weighted by atomic mass is 10.2. The van der Waals surface area contributed by atoms with Crippen molar-refractivity contribution in [1.29, 1.82) is 0 Å². The SMILES string of the molecule is CCc1[nH]nc(C(=O)N(C)CCc2ccncc2)c1N. The Labute approximate surface area is 118 Å². The fourth-order valence-corrected chi connectivity index (χ4v) is 1.95. The van der Waals surface area contributed by atoms with Crippen molar-refractivity contribution in [3.63, 3.8) is 0 Å². The third-order valence-electron chi connectivity index (χ3n) is 3.27. The summed E-state index contributed by atoms with van der Waals surface area (Å²) in [6.07, 6.45) is 5.00. The van der Waals surface area contributed by atoms with Crippen LogP contribution in [-0.4, -0.2) is 39.6 Å². The van der Waals surface area contributed by atoms with Gasteiger partial charge in [0, 0.05) is 26.0 Å². The Morgan fingerprint density at radius 3 is 2.70 bits per heavy atom. The third-order valence-corrected chi connectivity index (χ3v) is 3.27. The molecular formula is C14H19N5O. The molecule has 0 fully saturated rings. The summed E-state index contributed by atoms with van der Waals surface area (Å²) in [5.74, 6) is -0.160. The summed E-state index contributed by atoms with van der Waals surface area (Å²) in [4.78, 5) is 17.9. The first kappa shape index (κ1) is 14.0. The number of pyridine rings is 1. The van der Waals surface area contributed by atoms with Gasteiger partial charge in [-0.3, -0.25) is 14.9 Å². The van der Waals surface area contributed by atoms with E-state index in [1.807, 2.05) is 19.1 Å². The molecule has 0 spiro atoms. The Bertz CT molecular complexity index is 579. The van der Waals surface area contributed by atoms with Crippen molar-refractivity contribution in [2.24, 2.45) is 0 Å². The number of carbonyl (C=O) groups excluding carboxylic acids is 1. The van der Waals surface area contributed by atoms with Crippen LogP contribution in [0.1, 0.15) is 28.7 Å². The number of rotatable bonds is 5. The molecular weight excluding hydrogens is 254 g/mol. The quantitative estimate of drug-likeness (QED) is 0.858. The summed E-state index contributed by atoms with van der Waals surface area (Å²) in [7, 11) is 1.75. The molecule has 0 atom stereocenters. The van der Waals surface area contributed by atoms with E-state index in [2.05, 4.69) is 15.2 Å². The predicted molar refractivity (Wildman–Crippen MR) is 77.3 cm³/mol. The number of anilines is 1. The molecule has 106 valence electrons. The molecule has 0 saturated heterocycles. The molecule has 0 unspecified atom stereocenters. The van der Waals surface area contributed by atoms with E-state index in [-0.39, 0.29) is 5.91 Å². The second kappa shape index (κ2) is 6.18. The van der Waals surface area contributed by atoms with Crippen molar-refractivity contribution >= 4 is 11.6 Å². The fourth-order valence-electron chi connectivity index (χ4n) is 1.95. The maximum atomic E-state index is 12.3. The molecule has 0 aliphatic rings. The molecule has 6 nitrogen and oxygen atoms in total. The average molecular weight is 273 g/mol. The van der Waals surface area contributed by atoms with Gasteiger partial charge in [0.25, 0.3) is 5.91 Å². The van der Waals surface area contributed by atoms with Gasteiger partial charge >= 0.3 is 0 Å². The molecule has 0 aromatic carbocycles. The van der Waals surface area contributed by atoms with Crippen LogP contribution in [0.25, 0.3) is 0 Å². The lowest BCUT2D eigenvalue weighted by Gasteiger charge is -2.16. The molecule has 1 amide bonds. The number of nitrogens with two attached hydrogens (primary N) is 1. The minimum Gasteiger partial charge on any atom is -0.395 e. The van der Waals surface area contributed by atoms with E-state index in [0.717, 1.165) is 24.1 Å². The number of aryl methyl sites for hydroxylation is 1. The number of carbonyl (C=O) groups is 1. The normalized spacial score (nSPS) is 10.5. The molecule has 2 aromatic heterocycles. The van der Waals surface area contributed by atoms with Gasteiger partial charge < -0.3 is 10.6 Å². The zero-order valence-electron chi connectivity index (χ0n) is 11.8. The zero-order valence-corrected chi connectivity index (χ0v) is 11.8. The van der Waals surface area contributed by atoms with Gasteiger partial charge in [0.2, 0.25) is 0 Å². The van der Waals surface area contributed by atoms with Gasteiger partial charge in [-0.25, -0.2) is 0 Å². The highest BCUT2D eigenvalue weighted by atomic mass is 16.2. The number of likely N-dealkylation sites (N-methyl/N-ethyl adjacent to an activating group) is 1. The molecule has 6 heteroatoms. The summed E-state index contributed by atoms with van der Waals surface area (Å²) < 4.78 is 0. The van der Waals surface area contributed by atoms with E-state index < -0.39 is 0 Å². The maximum Gasteiger partial charge on any atom is 0.276 e. The van der Waals surface area contributed by atoms with Crippen LogP contribution in [-0.2, 0) is 12.8 Å². The summed E-state index contributed by atoms with van der Waals surface area (Å²) in [6.45, 7) is 2.57. The maximum absolute atomic E-state index is 12.3. The van der Waals surface area contributed by atoms with Crippen LogP contribution in [0.15, 0.2) is 24.5 Å². The van der Waals surface area contributed by atoms with E-state index >= 15 is 0 Å². The number of hydrogen-bond acceptors (Lipinski definition) is 4. The Morgan fingerprint density at radius 1 is 1.40 bits per heavy atom. The van der Waals surface area contributed by atoms with Gasteiger partial charge in [-0.15, -0.1) is 0 Å². The topological polar surface area (TPSA) is 87.9 Å². The first-order chi connectivity index (χ1) is 9.63. The van der Waals surface area contributed by atoms with E-state index in [9.17, 15) is 4.79 Å². The molecule has 0 aliphatic carbocycles. The summed E-state index contributed by atoms with van der Waals surface area (Å²) in [5, 5.41) is 6.81. The fraction of sp³-hybridized carbons (Fsp3) is 0.357. The van der Waals surface area contributed by atoms with Crippen LogP contribution in [0.2, 0.25) is 0 Å². The van der Waals surface area contributed by atoms with Gasteiger partial charge in [-0.05, 0) is 30.5 Å². The van der Waals surface area contributed by atoms with Crippen LogP contribution >= 0.6 is 0 Å². The Balaban J connectivity index is 2.00. The highest BCUT2D eigenvalue weighted by Crippen LogP contribution is 2.16. The number of aromatic nitrogens is 3. The second-order valence-corrected chi connectivity index (χ2v) is 4.65. The van der Waals surface area contributed by atoms with E-state index in [0.29, 0.717) is 17.9 Å². The molecule has 2 aromatic rings. The molecule has 3 N–H and O–H groups in total.